The summed E-state index contributed by atoms with van der Waals surface area (Å²) in [6.45, 7) is 10.2. The van der Waals surface area contributed by atoms with Gasteiger partial charge in [0.05, 0.1) is 23.0 Å². The van der Waals surface area contributed by atoms with E-state index in [1.165, 1.54) is 11.3 Å². The Morgan fingerprint density at radius 2 is 1.91 bits per heavy atom. The Kier molecular flexibility index (Phi) is 5.92. The zero-order valence-electron chi connectivity index (χ0n) is 20.3. The Labute approximate surface area is 204 Å². The molecule has 182 valence electrons. The summed E-state index contributed by atoms with van der Waals surface area (Å²) in [7, 11) is 0. The van der Waals surface area contributed by atoms with E-state index in [1.54, 1.807) is 0 Å². The average molecular weight is 483 g/mol. The van der Waals surface area contributed by atoms with Crippen LogP contribution in [0, 0.1) is 11.3 Å². The fourth-order valence-corrected chi connectivity index (χ4v) is 6.69. The zero-order chi connectivity index (χ0) is 24.2. The normalized spacial score (nSPS) is 27.4. The molecule has 3 aliphatic rings. The van der Waals surface area contributed by atoms with Crippen LogP contribution in [0.15, 0.2) is 30.3 Å². The molecule has 7 nitrogen and oxygen atoms in total. The Hall–Kier alpha value is -2.45. The number of thiophene rings is 1. The van der Waals surface area contributed by atoms with Gasteiger partial charge < -0.3 is 20.4 Å². The summed E-state index contributed by atoms with van der Waals surface area (Å²) >= 11 is 1.44. The molecule has 5 atom stereocenters. The lowest BCUT2D eigenvalue weighted by Crippen LogP contribution is -2.70. The van der Waals surface area contributed by atoms with Crippen molar-refractivity contribution in [3.8, 4) is 0 Å². The lowest BCUT2D eigenvalue weighted by Gasteiger charge is -2.50. The lowest BCUT2D eigenvalue weighted by atomic mass is 9.82. The van der Waals surface area contributed by atoms with E-state index in [2.05, 4.69) is 17.6 Å². The first kappa shape index (κ1) is 23.3. The number of amides is 3. The highest BCUT2D eigenvalue weighted by Crippen LogP contribution is 2.39. The van der Waals surface area contributed by atoms with Crippen molar-refractivity contribution in [2.45, 2.75) is 64.7 Å². The molecule has 3 saturated heterocycles. The number of likely N-dealkylation sites (tertiary alicyclic amines) is 2. The minimum absolute atomic E-state index is 0.0175. The van der Waals surface area contributed by atoms with Gasteiger partial charge in [-0.2, -0.15) is 0 Å². The quantitative estimate of drug-likeness (QED) is 0.702. The van der Waals surface area contributed by atoms with Gasteiger partial charge in [0.15, 0.2) is 0 Å². The molecule has 0 saturated carbocycles. The second-order valence-electron chi connectivity index (χ2n) is 11.1. The highest BCUT2D eigenvalue weighted by molar-refractivity contribution is 7.20. The molecule has 2 aromatic rings. The molecule has 2 unspecified atom stereocenters. The maximum absolute atomic E-state index is 13.7. The number of fused-ring (bicyclic) bond motifs is 2. The Morgan fingerprint density at radius 3 is 2.59 bits per heavy atom. The van der Waals surface area contributed by atoms with Gasteiger partial charge in [-0.15, -0.1) is 11.3 Å². The molecule has 2 N–H and O–H groups in total. The van der Waals surface area contributed by atoms with Crippen molar-refractivity contribution >= 4 is 39.1 Å². The van der Waals surface area contributed by atoms with Crippen LogP contribution in [0.25, 0.3) is 10.1 Å². The molecule has 3 amide bonds. The van der Waals surface area contributed by atoms with Crippen LogP contribution in [0.3, 0.4) is 0 Å². The number of benzene rings is 1. The van der Waals surface area contributed by atoms with E-state index in [0.717, 1.165) is 29.5 Å². The summed E-state index contributed by atoms with van der Waals surface area (Å²) in [6, 6.07) is 9.16. The molecule has 0 radical (unpaired) electrons. The maximum atomic E-state index is 13.7. The summed E-state index contributed by atoms with van der Waals surface area (Å²) in [6.07, 6.45) is 1.92. The smallest absolute Gasteiger partial charge is 0.262 e. The van der Waals surface area contributed by atoms with E-state index in [-0.39, 0.29) is 41.8 Å². The van der Waals surface area contributed by atoms with Gasteiger partial charge in [-0.1, -0.05) is 45.9 Å². The van der Waals surface area contributed by atoms with Gasteiger partial charge in [0, 0.05) is 17.8 Å². The summed E-state index contributed by atoms with van der Waals surface area (Å²) in [5.41, 5.74) is -0.445. The largest absolute Gasteiger partial charge is 0.339 e. The summed E-state index contributed by atoms with van der Waals surface area (Å²) in [4.78, 5) is 44.4. The summed E-state index contributed by atoms with van der Waals surface area (Å²) in [5.74, 6) is 0.125. The van der Waals surface area contributed by atoms with Crippen molar-refractivity contribution in [3.05, 3.63) is 35.2 Å². The molecule has 3 aliphatic heterocycles. The van der Waals surface area contributed by atoms with Crippen LogP contribution in [-0.2, 0) is 9.59 Å². The number of hydrogen-bond acceptors (Lipinski definition) is 5. The summed E-state index contributed by atoms with van der Waals surface area (Å²) in [5, 5.41) is 7.39. The van der Waals surface area contributed by atoms with Gasteiger partial charge >= 0.3 is 0 Å². The monoisotopic (exact) mass is 482 g/mol. The second-order valence-corrected chi connectivity index (χ2v) is 12.2. The predicted molar refractivity (Wildman–Crippen MR) is 134 cm³/mol. The first-order valence-electron chi connectivity index (χ1n) is 12.3. The van der Waals surface area contributed by atoms with Crippen LogP contribution in [0.4, 0.5) is 0 Å². The van der Waals surface area contributed by atoms with Gasteiger partial charge in [-0.05, 0) is 48.2 Å². The molecule has 0 spiro atoms. The fourth-order valence-electron chi connectivity index (χ4n) is 5.72. The number of hydrogen-bond donors (Lipinski definition) is 2. The van der Waals surface area contributed by atoms with Crippen molar-refractivity contribution in [1.82, 2.24) is 20.4 Å². The Bertz CT molecular complexity index is 1080. The molecule has 0 aliphatic carbocycles. The highest BCUT2D eigenvalue weighted by Gasteiger charge is 2.56. The van der Waals surface area contributed by atoms with Crippen LogP contribution in [-0.4, -0.2) is 71.3 Å². The number of rotatable bonds is 4. The third-order valence-electron chi connectivity index (χ3n) is 7.57. The van der Waals surface area contributed by atoms with E-state index in [1.807, 2.05) is 60.9 Å². The zero-order valence-corrected chi connectivity index (χ0v) is 21.2. The van der Waals surface area contributed by atoms with E-state index >= 15 is 0 Å². The molecule has 1 aromatic carbocycles. The van der Waals surface area contributed by atoms with E-state index < -0.39 is 11.5 Å². The Balaban J connectivity index is 1.30. The SMILES string of the molecule is C[C@H]1CN(C(=O)[C@@H]2CCCN2)[C@@H]2CN(C(=O)C(NC(=O)c3cc4ccccc4s3)C(C)(C)C)C21. The average Bonchev–Trinajstić information content (AvgIpc) is 3.48. The van der Waals surface area contributed by atoms with Crippen molar-refractivity contribution in [2.75, 3.05) is 19.6 Å². The Morgan fingerprint density at radius 1 is 1.15 bits per heavy atom. The van der Waals surface area contributed by atoms with Crippen LogP contribution >= 0.6 is 11.3 Å². The van der Waals surface area contributed by atoms with Gasteiger partial charge in [0.2, 0.25) is 11.8 Å². The molecule has 1 aromatic heterocycles. The molecular weight excluding hydrogens is 448 g/mol. The minimum Gasteiger partial charge on any atom is -0.339 e. The van der Waals surface area contributed by atoms with Crippen molar-refractivity contribution in [1.29, 1.82) is 0 Å². The topological polar surface area (TPSA) is 81.8 Å². The maximum Gasteiger partial charge on any atom is 0.262 e. The fraction of sp³-hybridized carbons (Fsp3) is 0.577. The molecule has 8 heteroatoms. The predicted octanol–water partition coefficient (Wildman–Crippen LogP) is 2.86. The van der Waals surface area contributed by atoms with Crippen molar-refractivity contribution < 1.29 is 14.4 Å². The standard InChI is InChI=1S/C26H34N4O3S/c1-15-13-29(24(32)17-9-7-11-27-17)18-14-30(21(15)18)25(33)22(26(2,3)4)28-23(31)20-12-16-8-5-6-10-19(16)34-20/h5-6,8,10,12,15,17-18,21-22,27H,7,9,11,13-14H2,1-4H3,(H,28,31)/t15-,17-,18+,21?,22?/m0/s1. The van der Waals surface area contributed by atoms with Gasteiger partial charge in [0.25, 0.3) is 5.91 Å². The highest BCUT2D eigenvalue weighted by atomic mass is 32.1. The van der Waals surface area contributed by atoms with Crippen molar-refractivity contribution in [3.63, 3.8) is 0 Å². The molecule has 0 bridgehead atoms. The lowest BCUT2D eigenvalue weighted by molar-refractivity contribution is -0.152. The number of nitrogens with zero attached hydrogens (tertiary/aromatic N) is 2. The van der Waals surface area contributed by atoms with Crippen molar-refractivity contribution in [2.24, 2.45) is 11.3 Å². The third kappa shape index (κ3) is 4.01. The van der Waals surface area contributed by atoms with Gasteiger partial charge in [-0.3, -0.25) is 14.4 Å². The number of nitrogens with one attached hydrogen (secondary N) is 2. The first-order chi connectivity index (χ1) is 16.1. The van der Waals surface area contributed by atoms with E-state index in [0.29, 0.717) is 18.0 Å². The van der Waals surface area contributed by atoms with E-state index in [9.17, 15) is 14.4 Å². The molecule has 34 heavy (non-hydrogen) atoms. The van der Waals surface area contributed by atoms with Crippen LogP contribution in [0.5, 0.6) is 0 Å². The summed E-state index contributed by atoms with van der Waals surface area (Å²) < 4.78 is 1.05. The van der Waals surface area contributed by atoms with Gasteiger partial charge in [-0.25, -0.2) is 0 Å². The molecule has 4 heterocycles. The molecule has 5 rings (SSSR count). The molecule has 3 fully saturated rings. The van der Waals surface area contributed by atoms with Crippen LogP contribution in [0.1, 0.15) is 50.2 Å². The van der Waals surface area contributed by atoms with E-state index in [4.69, 9.17) is 0 Å². The second kappa shape index (κ2) is 8.64. The number of carbonyl (C=O) groups excluding carboxylic acids is 3. The number of carbonyl (C=O) groups is 3. The minimum atomic E-state index is -0.639. The first-order valence-corrected chi connectivity index (χ1v) is 13.1. The van der Waals surface area contributed by atoms with Crippen LogP contribution < -0.4 is 10.6 Å². The van der Waals surface area contributed by atoms with Gasteiger partial charge in [0.1, 0.15) is 6.04 Å². The van der Waals surface area contributed by atoms with Crippen LogP contribution in [0.2, 0.25) is 0 Å². The molecular formula is C26H34N4O3S. The third-order valence-corrected chi connectivity index (χ3v) is 8.68.